The van der Waals surface area contributed by atoms with Crippen LogP contribution < -0.4 is 10.5 Å². The van der Waals surface area contributed by atoms with Gasteiger partial charge < -0.3 is 24.7 Å². The van der Waals surface area contributed by atoms with E-state index in [4.69, 9.17) is 14.9 Å². The van der Waals surface area contributed by atoms with Crippen LogP contribution in [0.1, 0.15) is 21.7 Å². The zero-order valence-electron chi connectivity index (χ0n) is 14.8. The van der Waals surface area contributed by atoms with Gasteiger partial charge in [0.25, 0.3) is 5.91 Å². The third-order valence-electron chi connectivity index (χ3n) is 4.51. The number of piperazine rings is 1. The number of furan rings is 1. The molecule has 7 heteroatoms. The molecule has 7 nitrogen and oxygen atoms in total. The van der Waals surface area contributed by atoms with E-state index in [1.165, 1.54) is 6.26 Å². The fourth-order valence-corrected chi connectivity index (χ4v) is 3.01. The van der Waals surface area contributed by atoms with E-state index in [9.17, 15) is 9.59 Å². The zero-order valence-corrected chi connectivity index (χ0v) is 14.8. The van der Waals surface area contributed by atoms with Crippen LogP contribution in [0.15, 0.2) is 41.0 Å². The normalized spacial score (nSPS) is 14.4. The predicted octanol–water partition coefficient (Wildman–Crippen LogP) is 1.27. The first-order valence-electron chi connectivity index (χ1n) is 8.58. The number of methoxy groups -OCH3 is 1. The molecule has 1 aliphatic rings. The quantitative estimate of drug-likeness (QED) is 0.871. The Balaban J connectivity index is 1.54. The first-order valence-corrected chi connectivity index (χ1v) is 8.58. The Bertz CT molecular complexity index is 779. The van der Waals surface area contributed by atoms with E-state index in [-0.39, 0.29) is 18.4 Å². The Hall–Kier alpha value is -2.80. The van der Waals surface area contributed by atoms with Crippen LogP contribution in [0.3, 0.4) is 0 Å². The van der Waals surface area contributed by atoms with E-state index < -0.39 is 0 Å². The Morgan fingerprint density at radius 3 is 2.54 bits per heavy atom. The molecule has 26 heavy (non-hydrogen) atoms. The molecule has 0 bridgehead atoms. The molecule has 2 heterocycles. The molecule has 138 valence electrons. The standard InChI is InChI=1S/C19H23N3O4/c1-25-16-4-2-3-14(9-16)10-18(23)21-5-7-22(8-6-21)19(24)15-11-17(12-20)26-13-15/h2-4,9,11,13H,5-8,10,12,20H2,1H3. The molecule has 2 aromatic rings. The van der Waals surface area contributed by atoms with Crippen LogP contribution in [0.4, 0.5) is 0 Å². The first-order chi connectivity index (χ1) is 12.6. The van der Waals surface area contributed by atoms with Gasteiger partial charge in [0.15, 0.2) is 0 Å². The third-order valence-corrected chi connectivity index (χ3v) is 4.51. The van der Waals surface area contributed by atoms with E-state index in [0.717, 1.165) is 11.3 Å². The Morgan fingerprint density at radius 1 is 1.15 bits per heavy atom. The van der Waals surface area contributed by atoms with Gasteiger partial charge in [-0.3, -0.25) is 9.59 Å². The fourth-order valence-electron chi connectivity index (χ4n) is 3.01. The minimum atomic E-state index is -0.0895. The molecule has 0 unspecified atom stereocenters. The molecule has 0 spiro atoms. The van der Waals surface area contributed by atoms with Crippen molar-refractivity contribution in [2.75, 3.05) is 33.3 Å². The van der Waals surface area contributed by atoms with Crippen LogP contribution in [0.5, 0.6) is 5.75 Å². The van der Waals surface area contributed by atoms with Crippen molar-refractivity contribution in [3.8, 4) is 5.75 Å². The van der Waals surface area contributed by atoms with Gasteiger partial charge >= 0.3 is 0 Å². The smallest absolute Gasteiger partial charge is 0.257 e. The van der Waals surface area contributed by atoms with Gasteiger partial charge in [0.1, 0.15) is 17.8 Å². The number of rotatable bonds is 5. The van der Waals surface area contributed by atoms with Crippen LogP contribution in [0, 0.1) is 0 Å². The summed E-state index contributed by atoms with van der Waals surface area (Å²) in [4.78, 5) is 28.5. The number of carbonyl (C=O) groups is 2. The van der Waals surface area contributed by atoms with Crippen molar-refractivity contribution >= 4 is 11.8 Å². The molecule has 1 aromatic carbocycles. The van der Waals surface area contributed by atoms with E-state index >= 15 is 0 Å². The van der Waals surface area contributed by atoms with Crippen molar-refractivity contribution < 1.29 is 18.7 Å². The van der Waals surface area contributed by atoms with Gasteiger partial charge in [-0.05, 0) is 23.8 Å². The topological polar surface area (TPSA) is 89.0 Å². The molecule has 1 aromatic heterocycles. The second-order valence-electron chi connectivity index (χ2n) is 6.21. The number of benzene rings is 1. The first kappa shape index (κ1) is 18.0. The Kier molecular flexibility index (Phi) is 5.58. The number of nitrogens with zero attached hydrogens (tertiary/aromatic N) is 2. The summed E-state index contributed by atoms with van der Waals surface area (Å²) < 4.78 is 10.4. The summed E-state index contributed by atoms with van der Waals surface area (Å²) in [6, 6.07) is 9.17. The number of nitrogens with two attached hydrogens (primary N) is 1. The monoisotopic (exact) mass is 357 g/mol. The van der Waals surface area contributed by atoms with Crippen molar-refractivity contribution in [2.45, 2.75) is 13.0 Å². The summed E-state index contributed by atoms with van der Waals surface area (Å²) in [5.41, 5.74) is 6.92. The molecule has 1 saturated heterocycles. The van der Waals surface area contributed by atoms with Crippen LogP contribution in [0.25, 0.3) is 0 Å². The molecule has 0 aliphatic carbocycles. The highest BCUT2D eigenvalue weighted by Crippen LogP contribution is 2.16. The molecule has 2 N–H and O–H groups in total. The molecule has 1 fully saturated rings. The van der Waals surface area contributed by atoms with Crippen molar-refractivity contribution in [1.82, 2.24) is 9.80 Å². The number of hydrogen-bond donors (Lipinski definition) is 1. The summed E-state index contributed by atoms with van der Waals surface area (Å²) in [5, 5.41) is 0. The lowest BCUT2D eigenvalue weighted by Crippen LogP contribution is -2.50. The highest BCUT2D eigenvalue weighted by Gasteiger charge is 2.25. The van der Waals surface area contributed by atoms with E-state index in [1.807, 2.05) is 24.3 Å². The van der Waals surface area contributed by atoms with E-state index in [2.05, 4.69) is 0 Å². The van der Waals surface area contributed by atoms with Crippen LogP contribution in [0.2, 0.25) is 0 Å². The molecule has 0 saturated carbocycles. The summed E-state index contributed by atoms with van der Waals surface area (Å²) >= 11 is 0. The lowest BCUT2D eigenvalue weighted by molar-refractivity contribution is -0.131. The molecule has 2 amide bonds. The van der Waals surface area contributed by atoms with Crippen LogP contribution in [-0.4, -0.2) is 54.9 Å². The van der Waals surface area contributed by atoms with E-state index in [0.29, 0.717) is 43.9 Å². The highest BCUT2D eigenvalue weighted by molar-refractivity contribution is 5.94. The average molecular weight is 357 g/mol. The maximum absolute atomic E-state index is 12.5. The molecule has 3 rings (SSSR count). The van der Waals surface area contributed by atoms with Gasteiger partial charge in [0, 0.05) is 26.2 Å². The molecule has 1 aliphatic heterocycles. The summed E-state index contributed by atoms with van der Waals surface area (Å²) in [5.74, 6) is 1.29. The summed E-state index contributed by atoms with van der Waals surface area (Å²) in [7, 11) is 1.60. The van der Waals surface area contributed by atoms with Crippen molar-refractivity contribution in [3.63, 3.8) is 0 Å². The van der Waals surface area contributed by atoms with Gasteiger partial charge in [-0.1, -0.05) is 12.1 Å². The van der Waals surface area contributed by atoms with Crippen LogP contribution in [-0.2, 0) is 17.8 Å². The van der Waals surface area contributed by atoms with Crippen molar-refractivity contribution in [3.05, 3.63) is 53.5 Å². The SMILES string of the molecule is COc1cccc(CC(=O)N2CCN(C(=O)c3coc(CN)c3)CC2)c1. The predicted molar refractivity (Wildman–Crippen MR) is 95.8 cm³/mol. The number of amides is 2. The highest BCUT2D eigenvalue weighted by atomic mass is 16.5. The van der Waals surface area contributed by atoms with Crippen LogP contribution >= 0.6 is 0 Å². The second-order valence-corrected chi connectivity index (χ2v) is 6.21. The molecule has 0 atom stereocenters. The maximum atomic E-state index is 12.5. The van der Waals surface area contributed by atoms with Gasteiger partial charge in [0.05, 0.1) is 25.6 Å². The lowest BCUT2D eigenvalue weighted by atomic mass is 10.1. The largest absolute Gasteiger partial charge is 0.497 e. The van der Waals surface area contributed by atoms with Gasteiger partial charge in [-0.15, -0.1) is 0 Å². The lowest BCUT2D eigenvalue weighted by Gasteiger charge is -2.34. The fraction of sp³-hybridized carbons (Fsp3) is 0.368. The minimum absolute atomic E-state index is 0.0547. The molecular weight excluding hydrogens is 334 g/mol. The third kappa shape index (κ3) is 4.05. The number of ether oxygens (including phenoxy) is 1. The van der Waals surface area contributed by atoms with Gasteiger partial charge in [0.2, 0.25) is 5.91 Å². The number of hydrogen-bond acceptors (Lipinski definition) is 5. The van der Waals surface area contributed by atoms with Gasteiger partial charge in [-0.25, -0.2) is 0 Å². The van der Waals surface area contributed by atoms with Crippen molar-refractivity contribution in [1.29, 1.82) is 0 Å². The van der Waals surface area contributed by atoms with E-state index in [1.54, 1.807) is 23.0 Å². The average Bonchev–Trinajstić information content (AvgIpc) is 3.17. The summed E-state index contributed by atoms with van der Waals surface area (Å²) in [6.45, 7) is 2.32. The van der Waals surface area contributed by atoms with Gasteiger partial charge in [-0.2, -0.15) is 0 Å². The molecular formula is C19H23N3O4. The number of carbonyl (C=O) groups excluding carboxylic acids is 2. The Labute approximate surface area is 152 Å². The summed E-state index contributed by atoms with van der Waals surface area (Å²) in [6.07, 6.45) is 1.76. The molecule has 0 radical (unpaired) electrons. The van der Waals surface area contributed by atoms with Crippen molar-refractivity contribution in [2.24, 2.45) is 5.73 Å². The second kappa shape index (κ2) is 8.05. The zero-order chi connectivity index (χ0) is 18.5. The minimum Gasteiger partial charge on any atom is -0.497 e. The Morgan fingerprint density at radius 2 is 1.88 bits per heavy atom. The maximum Gasteiger partial charge on any atom is 0.257 e.